The van der Waals surface area contributed by atoms with Gasteiger partial charge in [0, 0.05) is 13.2 Å². The molecule has 0 spiro atoms. The highest BCUT2D eigenvalue weighted by Crippen LogP contribution is 2.13. The van der Waals surface area contributed by atoms with Gasteiger partial charge in [-0.1, -0.05) is 65.7 Å². The molecular formula is C17H36O2Si. The number of hydrogen-bond donors (Lipinski definition) is 0. The predicted molar refractivity (Wildman–Crippen MR) is 91.2 cm³/mol. The number of hydrogen-bond acceptors (Lipinski definition) is 2. The van der Waals surface area contributed by atoms with Crippen LogP contribution in [0.1, 0.15) is 72.1 Å². The van der Waals surface area contributed by atoms with Crippen LogP contribution in [-0.2, 0) is 8.85 Å². The fourth-order valence-corrected chi connectivity index (χ4v) is 3.54. The monoisotopic (exact) mass is 300 g/mol. The molecule has 0 bridgehead atoms. The van der Waals surface area contributed by atoms with Crippen LogP contribution in [0.4, 0.5) is 0 Å². The molecule has 120 valence electrons. The Bertz CT molecular complexity index is 231. The third-order valence-electron chi connectivity index (χ3n) is 3.46. The molecule has 0 radical (unpaired) electrons. The van der Waals surface area contributed by atoms with Gasteiger partial charge in [0.25, 0.3) is 0 Å². The Morgan fingerprint density at radius 1 is 0.950 bits per heavy atom. The van der Waals surface area contributed by atoms with Crippen LogP contribution in [0.3, 0.4) is 0 Å². The Balaban J connectivity index is 3.53. The van der Waals surface area contributed by atoms with E-state index in [1.807, 2.05) is 5.70 Å². The Labute approximate surface area is 128 Å². The molecule has 20 heavy (non-hydrogen) atoms. The lowest BCUT2D eigenvalue weighted by molar-refractivity contribution is 0.164. The first-order valence-corrected chi connectivity index (χ1v) is 10.8. The van der Waals surface area contributed by atoms with E-state index in [0.29, 0.717) is 5.92 Å². The molecular weight excluding hydrogens is 264 g/mol. The summed E-state index contributed by atoms with van der Waals surface area (Å²) in [5.41, 5.74) is 1.90. The van der Waals surface area contributed by atoms with Crippen molar-refractivity contribution < 1.29 is 8.85 Å². The summed E-state index contributed by atoms with van der Waals surface area (Å²) < 4.78 is 11.9. The summed E-state index contributed by atoms with van der Waals surface area (Å²) >= 11 is 0. The summed E-state index contributed by atoms with van der Waals surface area (Å²) in [5.74, 6) is 0.550. The highest BCUT2D eigenvalue weighted by atomic mass is 28.4. The smallest absolute Gasteiger partial charge is 0.361 e. The van der Waals surface area contributed by atoms with Crippen molar-refractivity contribution in [1.29, 1.82) is 0 Å². The van der Waals surface area contributed by atoms with E-state index in [-0.39, 0.29) is 0 Å². The van der Waals surface area contributed by atoms with Gasteiger partial charge in [-0.05, 0) is 24.6 Å². The van der Waals surface area contributed by atoms with Gasteiger partial charge >= 0.3 is 8.56 Å². The summed E-state index contributed by atoms with van der Waals surface area (Å²) in [4.78, 5) is 0. The van der Waals surface area contributed by atoms with Gasteiger partial charge in [-0.3, -0.25) is 0 Å². The molecule has 0 aliphatic carbocycles. The molecule has 0 saturated heterocycles. The maximum absolute atomic E-state index is 5.97. The minimum atomic E-state index is -2.11. The molecule has 0 aliphatic rings. The molecule has 1 unspecified atom stereocenters. The molecule has 0 heterocycles. The van der Waals surface area contributed by atoms with E-state index in [0.717, 1.165) is 19.6 Å². The SMILES string of the molecule is C=C[Si](C)(OCCCCCCCCCC)OCC(C)C. The molecule has 0 aromatic heterocycles. The predicted octanol–water partition coefficient (Wildman–Crippen LogP) is 5.61. The van der Waals surface area contributed by atoms with Crippen molar-refractivity contribution >= 4 is 8.56 Å². The lowest BCUT2D eigenvalue weighted by Gasteiger charge is -2.24. The van der Waals surface area contributed by atoms with Crippen molar-refractivity contribution in [2.75, 3.05) is 13.2 Å². The molecule has 1 atom stereocenters. The first-order valence-electron chi connectivity index (χ1n) is 8.45. The third kappa shape index (κ3) is 11.7. The standard InChI is InChI=1S/C17H36O2Si/c1-6-8-9-10-11-12-13-14-15-18-20(5,7-2)19-16-17(3)4/h7,17H,2,6,8-16H2,1,3-5H3. The Morgan fingerprint density at radius 2 is 1.50 bits per heavy atom. The minimum absolute atomic E-state index is 0.550. The number of rotatable bonds is 14. The number of unbranched alkanes of at least 4 members (excludes halogenated alkanes) is 7. The molecule has 0 rings (SSSR count). The average molecular weight is 301 g/mol. The van der Waals surface area contributed by atoms with E-state index in [4.69, 9.17) is 8.85 Å². The van der Waals surface area contributed by atoms with E-state index >= 15 is 0 Å². The maximum Gasteiger partial charge on any atom is 0.361 e. The third-order valence-corrected chi connectivity index (χ3v) is 5.72. The second-order valence-corrected chi connectivity index (χ2v) is 9.27. The van der Waals surface area contributed by atoms with Crippen molar-refractivity contribution in [3.8, 4) is 0 Å². The molecule has 0 fully saturated rings. The van der Waals surface area contributed by atoms with Crippen LogP contribution in [0, 0.1) is 5.92 Å². The quantitative estimate of drug-likeness (QED) is 0.306. The van der Waals surface area contributed by atoms with Crippen molar-refractivity contribution in [2.45, 2.75) is 78.7 Å². The summed E-state index contributed by atoms with van der Waals surface area (Å²) in [6, 6.07) is 0. The molecule has 2 nitrogen and oxygen atoms in total. The minimum Gasteiger partial charge on any atom is -0.391 e. The van der Waals surface area contributed by atoms with E-state index in [1.54, 1.807) is 0 Å². The maximum atomic E-state index is 5.97. The van der Waals surface area contributed by atoms with E-state index < -0.39 is 8.56 Å². The van der Waals surface area contributed by atoms with Gasteiger partial charge in [0.05, 0.1) is 0 Å². The normalized spacial score (nSPS) is 14.4. The lowest BCUT2D eigenvalue weighted by atomic mass is 10.1. The average Bonchev–Trinajstić information content (AvgIpc) is 2.43. The second kappa shape index (κ2) is 12.6. The van der Waals surface area contributed by atoms with Crippen LogP contribution in [0.2, 0.25) is 6.55 Å². The van der Waals surface area contributed by atoms with Crippen molar-refractivity contribution in [3.05, 3.63) is 12.3 Å². The van der Waals surface area contributed by atoms with Gasteiger partial charge < -0.3 is 8.85 Å². The molecule has 0 amide bonds. The van der Waals surface area contributed by atoms with Gasteiger partial charge in [-0.15, -0.1) is 6.58 Å². The summed E-state index contributed by atoms with van der Waals surface area (Å²) in [6.45, 7) is 14.2. The Kier molecular flexibility index (Phi) is 12.5. The summed E-state index contributed by atoms with van der Waals surface area (Å²) in [6.07, 6.45) is 10.6. The first-order chi connectivity index (χ1) is 9.54. The van der Waals surface area contributed by atoms with Crippen LogP contribution in [0.5, 0.6) is 0 Å². The molecule has 0 aromatic rings. The lowest BCUT2D eigenvalue weighted by Crippen LogP contribution is -2.38. The van der Waals surface area contributed by atoms with Gasteiger partial charge in [0.2, 0.25) is 0 Å². The Hall–Kier alpha value is -0.123. The van der Waals surface area contributed by atoms with Crippen LogP contribution >= 0.6 is 0 Å². The van der Waals surface area contributed by atoms with Gasteiger partial charge in [-0.25, -0.2) is 0 Å². The van der Waals surface area contributed by atoms with Gasteiger partial charge in [-0.2, -0.15) is 0 Å². The highest BCUT2D eigenvalue weighted by molar-refractivity contribution is 6.71. The van der Waals surface area contributed by atoms with Gasteiger partial charge in [0.1, 0.15) is 0 Å². The van der Waals surface area contributed by atoms with Crippen molar-refractivity contribution in [3.63, 3.8) is 0 Å². The fourth-order valence-electron chi connectivity index (χ4n) is 2.00. The molecule has 0 aromatic carbocycles. The zero-order chi connectivity index (χ0) is 15.3. The van der Waals surface area contributed by atoms with E-state index in [9.17, 15) is 0 Å². The molecule has 0 aliphatic heterocycles. The van der Waals surface area contributed by atoms with Crippen LogP contribution in [0.15, 0.2) is 12.3 Å². The topological polar surface area (TPSA) is 18.5 Å². The second-order valence-electron chi connectivity index (χ2n) is 6.25. The molecule has 3 heteroatoms. The van der Waals surface area contributed by atoms with Gasteiger partial charge in [0.15, 0.2) is 0 Å². The van der Waals surface area contributed by atoms with Crippen LogP contribution in [0.25, 0.3) is 0 Å². The first kappa shape index (κ1) is 19.9. The van der Waals surface area contributed by atoms with E-state index in [2.05, 4.69) is 33.9 Å². The summed E-state index contributed by atoms with van der Waals surface area (Å²) in [5, 5.41) is 0. The van der Waals surface area contributed by atoms with Crippen LogP contribution < -0.4 is 0 Å². The van der Waals surface area contributed by atoms with Crippen molar-refractivity contribution in [2.24, 2.45) is 5.92 Å². The largest absolute Gasteiger partial charge is 0.391 e. The van der Waals surface area contributed by atoms with Crippen molar-refractivity contribution in [1.82, 2.24) is 0 Å². The zero-order valence-corrected chi connectivity index (χ0v) is 15.2. The highest BCUT2D eigenvalue weighted by Gasteiger charge is 2.27. The summed E-state index contributed by atoms with van der Waals surface area (Å²) in [7, 11) is -2.11. The van der Waals surface area contributed by atoms with E-state index in [1.165, 1.54) is 44.9 Å². The fraction of sp³-hybridized carbons (Fsp3) is 0.882. The van der Waals surface area contributed by atoms with Crippen LogP contribution in [-0.4, -0.2) is 21.8 Å². The Morgan fingerprint density at radius 3 is 2.00 bits per heavy atom. The molecule has 0 saturated carbocycles. The molecule has 0 N–H and O–H groups in total. The zero-order valence-electron chi connectivity index (χ0n) is 14.2.